The SMILES string of the molecule is Cc1nn(C)c(C)c1S(=O)(=O)N[C@@H]1CCN(Cc2ccccc2)C1=O. The molecule has 7 nitrogen and oxygen atoms in total. The van der Waals surface area contributed by atoms with Crippen LogP contribution < -0.4 is 4.72 Å². The van der Waals surface area contributed by atoms with E-state index in [9.17, 15) is 13.2 Å². The lowest BCUT2D eigenvalue weighted by atomic mass is 10.2. The summed E-state index contributed by atoms with van der Waals surface area (Å²) in [6.07, 6.45) is 0.462. The van der Waals surface area contributed by atoms with Gasteiger partial charge < -0.3 is 4.90 Å². The van der Waals surface area contributed by atoms with E-state index in [4.69, 9.17) is 0 Å². The fraction of sp³-hybridized carbons (Fsp3) is 0.412. The number of likely N-dealkylation sites (tertiary alicyclic amines) is 1. The molecule has 1 amide bonds. The highest BCUT2D eigenvalue weighted by molar-refractivity contribution is 7.89. The second-order valence-electron chi connectivity index (χ2n) is 6.33. The molecule has 1 atom stereocenters. The molecule has 1 N–H and O–H groups in total. The number of sulfonamides is 1. The van der Waals surface area contributed by atoms with Gasteiger partial charge in [0.1, 0.15) is 10.9 Å². The van der Waals surface area contributed by atoms with E-state index in [0.717, 1.165) is 5.56 Å². The van der Waals surface area contributed by atoms with Crippen LogP contribution >= 0.6 is 0 Å². The molecule has 2 aromatic rings. The Morgan fingerprint density at radius 3 is 2.52 bits per heavy atom. The molecule has 0 bridgehead atoms. The van der Waals surface area contributed by atoms with Crippen LogP contribution in [-0.2, 0) is 28.4 Å². The molecule has 25 heavy (non-hydrogen) atoms. The molecule has 1 aliphatic rings. The van der Waals surface area contributed by atoms with Crippen LogP contribution in [0.5, 0.6) is 0 Å². The van der Waals surface area contributed by atoms with Gasteiger partial charge in [0.2, 0.25) is 15.9 Å². The molecular formula is C17H22N4O3S. The summed E-state index contributed by atoms with van der Waals surface area (Å²) in [6, 6.07) is 8.94. The van der Waals surface area contributed by atoms with Crippen molar-refractivity contribution in [2.75, 3.05) is 6.54 Å². The molecule has 1 aromatic heterocycles. The monoisotopic (exact) mass is 362 g/mol. The molecule has 0 unspecified atom stereocenters. The molecular weight excluding hydrogens is 340 g/mol. The third-order valence-electron chi connectivity index (χ3n) is 4.52. The molecule has 3 rings (SSSR count). The molecule has 2 heterocycles. The van der Waals surface area contributed by atoms with Crippen LogP contribution in [0, 0.1) is 13.8 Å². The first-order chi connectivity index (χ1) is 11.8. The Hall–Kier alpha value is -2.19. The zero-order chi connectivity index (χ0) is 18.2. The van der Waals surface area contributed by atoms with E-state index in [1.807, 2.05) is 30.3 Å². The minimum absolute atomic E-state index is 0.157. The lowest BCUT2D eigenvalue weighted by molar-refractivity contribution is -0.129. The van der Waals surface area contributed by atoms with Gasteiger partial charge in [0.25, 0.3) is 0 Å². The predicted molar refractivity (Wildman–Crippen MR) is 93.3 cm³/mol. The molecule has 1 saturated heterocycles. The highest BCUT2D eigenvalue weighted by Crippen LogP contribution is 2.21. The largest absolute Gasteiger partial charge is 0.337 e. The number of hydrogen-bond acceptors (Lipinski definition) is 4. The molecule has 8 heteroatoms. The number of aryl methyl sites for hydroxylation is 2. The fourth-order valence-electron chi connectivity index (χ4n) is 3.20. The lowest BCUT2D eigenvalue weighted by Gasteiger charge is -2.17. The first kappa shape index (κ1) is 17.6. The minimum atomic E-state index is -3.79. The highest BCUT2D eigenvalue weighted by atomic mass is 32.2. The third-order valence-corrected chi connectivity index (χ3v) is 6.25. The number of rotatable bonds is 5. The number of nitrogens with one attached hydrogen (secondary N) is 1. The van der Waals surface area contributed by atoms with Gasteiger partial charge in [-0.05, 0) is 25.8 Å². The van der Waals surface area contributed by atoms with Gasteiger partial charge in [0.05, 0.1) is 11.4 Å². The van der Waals surface area contributed by atoms with Crippen molar-refractivity contribution in [2.45, 2.75) is 37.8 Å². The van der Waals surface area contributed by atoms with Crippen molar-refractivity contribution < 1.29 is 13.2 Å². The summed E-state index contributed by atoms with van der Waals surface area (Å²) in [4.78, 5) is 14.4. The first-order valence-corrected chi connectivity index (χ1v) is 9.63. The van der Waals surface area contributed by atoms with Crippen LogP contribution in [0.3, 0.4) is 0 Å². The Morgan fingerprint density at radius 2 is 1.92 bits per heavy atom. The maximum absolute atomic E-state index is 12.7. The van der Waals surface area contributed by atoms with Crippen LogP contribution in [0.2, 0.25) is 0 Å². The van der Waals surface area contributed by atoms with Crippen LogP contribution in [0.1, 0.15) is 23.4 Å². The van der Waals surface area contributed by atoms with Gasteiger partial charge in [-0.2, -0.15) is 9.82 Å². The van der Waals surface area contributed by atoms with E-state index < -0.39 is 16.1 Å². The van der Waals surface area contributed by atoms with Gasteiger partial charge >= 0.3 is 0 Å². The summed E-state index contributed by atoms with van der Waals surface area (Å²) < 4.78 is 29.5. The Balaban J connectivity index is 1.74. The van der Waals surface area contributed by atoms with E-state index in [1.54, 1.807) is 25.8 Å². The summed E-state index contributed by atoms with van der Waals surface area (Å²) in [6.45, 7) is 4.38. The zero-order valence-corrected chi connectivity index (χ0v) is 15.4. The summed E-state index contributed by atoms with van der Waals surface area (Å²) in [5, 5.41) is 4.14. The summed E-state index contributed by atoms with van der Waals surface area (Å²) in [5.41, 5.74) is 2.01. The van der Waals surface area contributed by atoms with E-state index in [0.29, 0.717) is 30.9 Å². The van der Waals surface area contributed by atoms with Crippen LogP contribution in [0.15, 0.2) is 35.2 Å². The molecule has 0 aliphatic carbocycles. The van der Waals surface area contributed by atoms with Crippen molar-refractivity contribution in [1.29, 1.82) is 0 Å². The van der Waals surface area contributed by atoms with Crippen molar-refractivity contribution >= 4 is 15.9 Å². The Bertz CT molecular complexity index is 890. The zero-order valence-electron chi connectivity index (χ0n) is 14.6. The van der Waals surface area contributed by atoms with Crippen LogP contribution in [-0.4, -0.2) is 41.6 Å². The highest BCUT2D eigenvalue weighted by Gasteiger charge is 2.36. The van der Waals surface area contributed by atoms with E-state index in [-0.39, 0.29) is 10.8 Å². The maximum Gasteiger partial charge on any atom is 0.244 e. The minimum Gasteiger partial charge on any atom is -0.337 e. The Morgan fingerprint density at radius 1 is 1.24 bits per heavy atom. The van der Waals surface area contributed by atoms with E-state index >= 15 is 0 Å². The molecule has 0 saturated carbocycles. The standard InChI is InChI=1S/C17H22N4O3S/c1-12-16(13(2)20(3)18-12)25(23,24)19-15-9-10-21(17(15)22)11-14-7-5-4-6-8-14/h4-8,15,19H,9-11H2,1-3H3/t15-/m1/s1. The van der Waals surface area contributed by atoms with Gasteiger partial charge in [-0.1, -0.05) is 30.3 Å². The van der Waals surface area contributed by atoms with Crippen molar-refractivity contribution in [3.8, 4) is 0 Å². The van der Waals surface area contributed by atoms with Gasteiger partial charge in [-0.3, -0.25) is 9.48 Å². The molecule has 134 valence electrons. The fourth-order valence-corrected chi connectivity index (χ4v) is 4.86. The van der Waals surface area contributed by atoms with Crippen LogP contribution in [0.4, 0.5) is 0 Å². The lowest BCUT2D eigenvalue weighted by Crippen LogP contribution is -2.41. The van der Waals surface area contributed by atoms with Gasteiger partial charge in [0, 0.05) is 20.1 Å². The number of carbonyl (C=O) groups excluding carboxylic acids is 1. The number of benzene rings is 1. The topological polar surface area (TPSA) is 84.3 Å². The van der Waals surface area contributed by atoms with Gasteiger partial charge in [-0.25, -0.2) is 8.42 Å². The van der Waals surface area contributed by atoms with Crippen molar-refractivity contribution in [2.24, 2.45) is 7.05 Å². The second-order valence-corrected chi connectivity index (χ2v) is 7.98. The van der Waals surface area contributed by atoms with Crippen molar-refractivity contribution in [1.82, 2.24) is 19.4 Å². The average Bonchev–Trinajstić information content (AvgIpc) is 3.01. The molecule has 1 fully saturated rings. The molecule has 0 radical (unpaired) electrons. The number of amides is 1. The quantitative estimate of drug-likeness (QED) is 0.864. The summed E-state index contributed by atoms with van der Waals surface area (Å²) in [5.74, 6) is -0.188. The third kappa shape index (κ3) is 3.45. The van der Waals surface area contributed by atoms with E-state index in [2.05, 4.69) is 9.82 Å². The number of hydrogen-bond donors (Lipinski definition) is 1. The van der Waals surface area contributed by atoms with Gasteiger partial charge in [-0.15, -0.1) is 0 Å². The number of aromatic nitrogens is 2. The number of carbonyl (C=O) groups is 1. The summed E-state index contributed by atoms with van der Waals surface area (Å²) >= 11 is 0. The van der Waals surface area contributed by atoms with Gasteiger partial charge in [0.15, 0.2) is 0 Å². The Labute approximate surface area is 147 Å². The number of nitrogens with zero attached hydrogens (tertiary/aromatic N) is 3. The van der Waals surface area contributed by atoms with Crippen molar-refractivity contribution in [3.05, 3.63) is 47.3 Å². The molecule has 1 aromatic carbocycles. The first-order valence-electron chi connectivity index (χ1n) is 8.15. The van der Waals surface area contributed by atoms with E-state index in [1.165, 1.54) is 4.68 Å². The van der Waals surface area contributed by atoms with Crippen molar-refractivity contribution in [3.63, 3.8) is 0 Å². The average molecular weight is 362 g/mol. The Kier molecular flexibility index (Phi) is 4.66. The molecule has 1 aliphatic heterocycles. The molecule has 0 spiro atoms. The smallest absolute Gasteiger partial charge is 0.244 e. The summed E-state index contributed by atoms with van der Waals surface area (Å²) in [7, 11) is -2.10. The van der Waals surface area contributed by atoms with Crippen LogP contribution in [0.25, 0.3) is 0 Å². The predicted octanol–water partition coefficient (Wildman–Crippen LogP) is 1.12. The normalized spacial score (nSPS) is 18.1. The second kappa shape index (κ2) is 6.61. The maximum atomic E-state index is 12.7.